The van der Waals surface area contributed by atoms with Crippen LogP contribution in [0.3, 0.4) is 0 Å². The fourth-order valence-electron chi connectivity index (χ4n) is 4.16. The Hall–Kier alpha value is -3.10. The fourth-order valence-corrected chi connectivity index (χ4v) is 4.50. The fraction of sp³-hybridized carbons (Fsp3) is 0.500. The molecule has 0 radical (unpaired) electrons. The number of amides is 1. The third kappa shape index (κ3) is 7.73. The number of aromatic nitrogens is 1. The van der Waals surface area contributed by atoms with E-state index in [1.165, 1.54) is 19.1 Å². The first-order chi connectivity index (χ1) is 18.1. The first-order valence-electron chi connectivity index (χ1n) is 11.8. The number of ether oxygens (including phenoxy) is 1. The van der Waals surface area contributed by atoms with Gasteiger partial charge >= 0.3 is 12.4 Å². The van der Waals surface area contributed by atoms with Gasteiger partial charge < -0.3 is 10.1 Å². The van der Waals surface area contributed by atoms with E-state index in [-0.39, 0.29) is 49.0 Å². The van der Waals surface area contributed by atoms with Crippen molar-refractivity contribution in [3.63, 3.8) is 0 Å². The largest absolute Gasteiger partial charge is 0.474 e. The number of nitrogens with one attached hydrogen (secondary N) is 1. The number of hydrogen-bond donors (Lipinski definition) is 2. The summed E-state index contributed by atoms with van der Waals surface area (Å²) in [5.41, 5.74) is -1.19. The van der Waals surface area contributed by atoms with E-state index < -0.39 is 64.5 Å². The average Bonchev–Trinajstić information content (AvgIpc) is 2.86. The molecule has 1 aromatic heterocycles. The maximum atomic E-state index is 14.4. The molecule has 1 atom stereocenters. The molecule has 1 saturated carbocycles. The Bertz CT molecular complexity index is 1250. The van der Waals surface area contributed by atoms with E-state index in [2.05, 4.69) is 10.3 Å². The third-order valence-electron chi connectivity index (χ3n) is 6.56. The van der Waals surface area contributed by atoms with Gasteiger partial charge in [-0.15, -0.1) is 0 Å². The molecule has 0 bridgehead atoms. The normalized spacial score (nSPS) is 19.0. The second kappa shape index (κ2) is 12.0. The van der Waals surface area contributed by atoms with Crippen LogP contribution >= 0.6 is 0 Å². The molecule has 0 aliphatic heterocycles. The van der Waals surface area contributed by atoms with Gasteiger partial charge in [0.15, 0.2) is 0 Å². The molecule has 1 heterocycles. The van der Waals surface area contributed by atoms with Gasteiger partial charge in [0, 0.05) is 19.2 Å². The Labute approximate surface area is 221 Å². The Morgan fingerprint density at radius 2 is 1.74 bits per heavy atom. The SMILES string of the molecule is CC(C(=O)NCc1ccc(C(F)(F)F)nc1OC1CCC(C(F)(F)F)CC1)c1ccc(N(C)[SH](=O)=O)c(F)c1. The molecule has 15 heteroatoms. The summed E-state index contributed by atoms with van der Waals surface area (Å²) in [7, 11) is -1.92. The summed E-state index contributed by atoms with van der Waals surface area (Å²) in [4.78, 5) is 16.2. The molecule has 39 heavy (non-hydrogen) atoms. The van der Waals surface area contributed by atoms with Gasteiger partial charge in [-0.1, -0.05) is 6.07 Å². The molecule has 1 fully saturated rings. The summed E-state index contributed by atoms with van der Waals surface area (Å²) >= 11 is 0. The van der Waals surface area contributed by atoms with Crippen LogP contribution in [0.2, 0.25) is 0 Å². The van der Waals surface area contributed by atoms with Crippen molar-refractivity contribution in [1.82, 2.24) is 10.3 Å². The molecule has 1 aromatic carbocycles. The van der Waals surface area contributed by atoms with Crippen molar-refractivity contribution >= 4 is 22.5 Å². The van der Waals surface area contributed by atoms with Crippen LogP contribution in [0, 0.1) is 11.7 Å². The van der Waals surface area contributed by atoms with Gasteiger partial charge in [-0.3, -0.25) is 9.10 Å². The van der Waals surface area contributed by atoms with Crippen LogP contribution < -0.4 is 14.4 Å². The molecule has 7 nitrogen and oxygen atoms in total. The number of benzene rings is 1. The number of rotatable bonds is 8. The van der Waals surface area contributed by atoms with Crippen LogP contribution in [0.15, 0.2) is 30.3 Å². The number of thiol groups is 1. The molecule has 1 unspecified atom stereocenters. The smallest absolute Gasteiger partial charge is 0.433 e. The molecule has 3 rings (SSSR count). The van der Waals surface area contributed by atoms with E-state index in [4.69, 9.17) is 4.74 Å². The van der Waals surface area contributed by atoms with Gasteiger partial charge in [-0.2, -0.15) is 26.3 Å². The number of halogens is 7. The Balaban J connectivity index is 1.73. The molecular weight excluding hydrogens is 559 g/mol. The second-order valence-corrected chi connectivity index (χ2v) is 10.3. The molecule has 0 saturated heterocycles. The highest BCUT2D eigenvalue weighted by Gasteiger charge is 2.42. The van der Waals surface area contributed by atoms with E-state index >= 15 is 0 Å². The highest BCUT2D eigenvalue weighted by molar-refractivity contribution is 7.74. The minimum atomic E-state index is -4.80. The Morgan fingerprint density at radius 3 is 2.28 bits per heavy atom. The van der Waals surface area contributed by atoms with E-state index in [1.54, 1.807) is 0 Å². The lowest BCUT2D eigenvalue weighted by Crippen LogP contribution is -2.32. The molecule has 1 aliphatic rings. The van der Waals surface area contributed by atoms with Crippen molar-refractivity contribution in [2.75, 3.05) is 11.4 Å². The first-order valence-corrected chi connectivity index (χ1v) is 13.0. The van der Waals surface area contributed by atoms with Gasteiger partial charge in [-0.25, -0.2) is 17.8 Å². The lowest BCUT2D eigenvalue weighted by atomic mass is 9.87. The van der Waals surface area contributed by atoms with Crippen LogP contribution in [-0.4, -0.2) is 38.6 Å². The summed E-state index contributed by atoms with van der Waals surface area (Å²) in [6.07, 6.45) is -10.5. The minimum absolute atomic E-state index is 0.0255. The average molecular weight is 586 g/mol. The predicted molar refractivity (Wildman–Crippen MR) is 127 cm³/mol. The zero-order valence-corrected chi connectivity index (χ0v) is 21.7. The van der Waals surface area contributed by atoms with Crippen molar-refractivity contribution in [2.45, 2.75) is 63.5 Å². The van der Waals surface area contributed by atoms with Gasteiger partial charge in [0.1, 0.15) is 17.6 Å². The summed E-state index contributed by atoms with van der Waals surface area (Å²) < 4.78 is 121. The van der Waals surface area contributed by atoms with Crippen molar-refractivity contribution in [1.29, 1.82) is 0 Å². The number of nitrogens with zero attached hydrogens (tertiary/aromatic N) is 2. The van der Waals surface area contributed by atoms with Gasteiger partial charge in [0.25, 0.3) is 0 Å². The van der Waals surface area contributed by atoms with Crippen LogP contribution in [0.5, 0.6) is 5.88 Å². The zero-order chi connectivity index (χ0) is 29.1. The molecule has 2 aromatic rings. The lowest BCUT2D eigenvalue weighted by molar-refractivity contribution is -0.185. The van der Waals surface area contributed by atoms with Crippen molar-refractivity contribution in [3.8, 4) is 5.88 Å². The summed E-state index contributed by atoms with van der Waals surface area (Å²) in [6, 6.07) is 5.32. The summed E-state index contributed by atoms with van der Waals surface area (Å²) in [6.45, 7) is 1.13. The quantitative estimate of drug-likeness (QED) is 0.332. The van der Waals surface area contributed by atoms with Crippen LogP contribution in [-0.2, 0) is 28.4 Å². The van der Waals surface area contributed by atoms with Crippen LogP contribution in [0.4, 0.5) is 36.4 Å². The van der Waals surface area contributed by atoms with Gasteiger partial charge in [0.05, 0.1) is 17.5 Å². The van der Waals surface area contributed by atoms with E-state index in [0.29, 0.717) is 10.4 Å². The number of anilines is 1. The predicted octanol–water partition coefficient (Wildman–Crippen LogP) is 5.12. The van der Waals surface area contributed by atoms with E-state index in [0.717, 1.165) is 19.2 Å². The van der Waals surface area contributed by atoms with Crippen LogP contribution in [0.1, 0.15) is 55.3 Å². The number of pyridine rings is 1. The standard InChI is InChI=1S/C24H26F7N3O4S/c1-13(14-3-9-19(18(25)11-14)34(2)39(36)37)21(35)32-12-15-4-10-20(24(29,30)31)33-22(15)38-17-7-5-16(6-8-17)23(26,27)28/h3-4,9-11,13,16-17,39H,5-8,12H2,1-2H3,(H,32,35). The van der Waals surface area contributed by atoms with E-state index in [1.807, 2.05) is 0 Å². The number of hydrogen-bond acceptors (Lipinski definition) is 5. The van der Waals surface area contributed by atoms with Crippen molar-refractivity contribution in [3.05, 3.63) is 53.0 Å². The molecular formula is C24H26F7N3O4S. The summed E-state index contributed by atoms with van der Waals surface area (Å²) in [5, 5.41) is 2.52. The molecule has 1 amide bonds. The first kappa shape index (κ1) is 30.4. The topological polar surface area (TPSA) is 88.6 Å². The number of alkyl halides is 6. The van der Waals surface area contributed by atoms with Crippen molar-refractivity contribution < 1.29 is 48.7 Å². The minimum Gasteiger partial charge on any atom is -0.474 e. The zero-order valence-electron chi connectivity index (χ0n) is 20.8. The highest BCUT2D eigenvalue weighted by atomic mass is 32.2. The maximum absolute atomic E-state index is 14.4. The lowest BCUT2D eigenvalue weighted by Gasteiger charge is -2.30. The highest BCUT2D eigenvalue weighted by Crippen LogP contribution is 2.39. The summed E-state index contributed by atoms with van der Waals surface area (Å²) in [5.74, 6) is -4.38. The molecule has 216 valence electrons. The van der Waals surface area contributed by atoms with E-state index in [9.17, 15) is 43.9 Å². The van der Waals surface area contributed by atoms with Crippen LogP contribution in [0.25, 0.3) is 0 Å². The van der Waals surface area contributed by atoms with Gasteiger partial charge in [-0.05, 0) is 62.4 Å². The van der Waals surface area contributed by atoms with Crippen molar-refractivity contribution in [2.24, 2.45) is 5.92 Å². The Morgan fingerprint density at radius 1 is 1.10 bits per heavy atom. The number of carbonyl (C=O) groups is 1. The molecule has 1 N–H and O–H groups in total. The second-order valence-electron chi connectivity index (χ2n) is 9.20. The molecule has 1 aliphatic carbocycles. The van der Waals surface area contributed by atoms with Gasteiger partial charge in [0.2, 0.25) is 22.7 Å². The maximum Gasteiger partial charge on any atom is 0.433 e. The molecule has 0 spiro atoms. The Kier molecular flexibility index (Phi) is 9.34. The third-order valence-corrected chi connectivity index (χ3v) is 7.26. The number of carbonyl (C=O) groups excluding carboxylic acids is 1. The monoisotopic (exact) mass is 585 g/mol.